The van der Waals surface area contributed by atoms with E-state index in [0.717, 1.165) is 96.3 Å². The number of ether oxygens (including phenoxy) is 2. The minimum atomic E-state index is -4.55. The molecule has 0 fully saturated rings. The number of hydrogen-bond acceptors (Lipinski definition) is 7. The van der Waals surface area contributed by atoms with E-state index in [0.29, 0.717) is 24.1 Å². The van der Waals surface area contributed by atoms with Crippen LogP contribution in [0.1, 0.15) is 142 Å². The number of rotatable bonds is 40. The number of esters is 1. The molecule has 0 spiro atoms. The fraction of sp³-hybridized carbons (Fsp3) is 0.620. The van der Waals surface area contributed by atoms with E-state index in [2.05, 4.69) is 123 Å². The number of nitrogens with zero attached hydrogens (tertiary/aromatic N) is 1. The topological polar surface area (TPSA) is 94.1 Å². The fourth-order valence-electron chi connectivity index (χ4n) is 5.39. The maximum absolute atomic E-state index is 12.7. The van der Waals surface area contributed by atoms with Crippen LogP contribution in [0, 0.1) is 0 Å². The zero-order valence-electron chi connectivity index (χ0n) is 37.9. The molecule has 0 aromatic carbocycles. The van der Waals surface area contributed by atoms with Gasteiger partial charge in [-0.25, -0.2) is 0 Å². The highest BCUT2D eigenvalue weighted by Crippen LogP contribution is 2.38. The number of phosphoric ester groups is 1. The van der Waals surface area contributed by atoms with Gasteiger partial charge >= 0.3 is 5.97 Å². The molecule has 2 unspecified atom stereocenters. The summed E-state index contributed by atoms with van der Waals surface area (Å²) in [5.41, 5.74) is 0. The summed E-state index contributed by atoms with van der Waals surface area (Å²) in [6, 6.07) is 0. The summed E-state index contributed by atoms with van der Waals surface area (Å²) in [6.45, 7) is 5.05. The van der Waals surface area contributed by atoms with Gasteiger partial charge in [-0.3, -0.25) is 9.36 Å². The van der Waals surface area contributed by atoms with Crippen LogP contribution in [-0.2, 0) is 27.9 Å². The van der Waals surface area contributed by atoms with E-state index in [1.54, 1.807) is 0 Å². The Hall–Kier alpha value is -2.84. The molecule has 0 radical (unpaired) electrons. The van der Waals surface area contributed by atoms with Crippen molar-refractivity contribution in [3.8, 4) is 0 Å². The van der Waals surface area contributed by atoms with Crippen LogP contribution in [0.15, 0.2) is 109 Å². The molecule has 0 aliphatic rings. The SMILES string of the molecule is CC/C=C\C/C=C\C/C=C\C/C=C\C/C=C\CCCCCCCCOCC(COP(=O)([O-])OCC[N+](C)(C)C)OC(=O)CCCC/C=C\C/C=C\C/C=C\C/C=C\CC. The van der Waals surface area contributed by atoms with Crippen molar-refractivity contribution in [1.82, 2.24) is 0 Å². The van der Waals surface area contributed by atoms with E-state index in [-0.39, 0.29) is 32.2 Å². The van der Waals surface area contributed by atoms with Crippen molar-refractivity contribution in [2.75, 3.05) is 54.1 Å². The first-order valence-electron chi connectivity index (χ1n) is 22.6. The third-order valence-corrected chi connectivity index (χ3v) is 9.78. The molecule has 0 heterocycles. The van der Waals surface area contributed by atoms with Crippen molar-refractivity contribution >= 4 is 13.8 Å². The Morgan fingerprint density at radius 2 is 0.932 bits per heavy atom. The molecule has 0 N–H and O–H groups in total. The lowest BCUT2D eigenvalue weighted by atomic mass is 10.1. The molecule has 0 saturated heterocycles. The molecule has 336 valence electrons. The van der Waals surface area contributed by atoms with E-state index >= 15 is 0 Å². The van der Waals surface area contributed by atoms with Crippen molar-refractivity contribution in [3.63, 3.8) is 0 Å². The predicted molar refractivity (Wildman–Crippen MR) is 249 cm³/mol. The van der Waals surface area contributed by atoms with Crippen LogP contribution < -0.4 is 4.89 Å². The van der Waals surface area contributed by atoms with Crippen molar-refractivity contribution in [2.45, 2.75) is 148 Å². The molecule has 59 heavy (non-hydrogen) atoms. The molecule has 0 aliphatic heterocycles. The average molecular weight is 842 g/mol. The lowest BCUT2D eigenvalue weighted by Gasteiger charge is -2.28. The van der Waals surface area contributed by atoms with Crippen molar-refractivity contribution in [1.29, 1.82) is 0 Å². The first-order valence-corrected chi connectivity index (χ1v) is 24.1. The van der Waals surface area contributed by atoms with Crippen molar-refractivity contribution in [2.24, 2.45) is 0 Å². The maximum atomic E-state index is 12.7. The Morgan fingerprint density at radius 3 is 1.39 bits per heavy atom. The molecule has 0 bridgehead atoms. The van der Waals surface area contributed by atoms with Gasteiger partial charge < -0.3 is 27.9 Å². The van der Waals surface area contributed by atoms with Crippen LogP contribution in [0.25, 0.3) is 0 Å². The van der Waals surface area contributed by atoms with Gasteiger partial charge in [-0.1, -0.05) is 149 Å². The number of quaternary nitrogens is 1. The van der Waals surface area contributed by atoms with E-state index in [1.807, 2.05) is 21.1 Å². The Kier molecular flexibility index (Phi) is 39.9. The molecule has 8 nitrogen and oxygen atoms in total. The van der Waals surface area contributed by atoms with Crippen LogP contribution in [0.5, 0.6) is 0 Å². The first-order chi connectivity index (χ1) is 28.6. The second-order valence-electron chi connectivity index (χ2n) is 15.6. The van der Waals surface area contributed by atoms with Gasteiger partial charge in [0, 0.05) is 13.0 Å². The molecule has 0 amide bonds. The number of carbonyl (C=O) groups excluding carboxylic acids is 1. The van der Waals surface area contributed by atoms with Crippen LogP contribution in [0.4, 0.5) is 0 Å². The van der Waals surface area contributed by atoms with Gasteiger partial charge in [0.15, 0.2) is 0 Å². The highest BCUT2D eigenvalue weighted by Gasteiger charge is 2.20. The standard InChI is InChI=1S/C50H84NO7P/c1-6-8-10-12-14-16-18-20-22-23-24-25-26-27-28-30-32-34-36-38-40-42-45-55-47-49(48-57-59(53,54)56-46-44-51(3,4)5)58-50(52)43-41-39-37-35-33-31-29-21-19-17-15-13-11-9-7-2/h8-11,14-17,20-22,24-25,27-29,33,35,49H,6-7,12-13,18-19,23,26,30-32,34,36-48H2,1-5H3/b10-8-,11-9-,16-14-,17-15-,22-20-,25-24-,28-27-,29-21-,35-33-. The first kappa shape index (κ1) is 56.2. The second-order valence-corrected chi connectivity index (χ2v) is 17.1. The Bertz CT molecular complexity index is 1300. The summed E-state index contributed by atoms with van der Waals surface area (Å²) in [5, 5.41) is 0. The summed E-state index contributed by atoms with van der Waals surface area (Å²) >= 11 is 0. The van der Waals surface area contributed by atoms with Gasteiger partial charge in [-0.2, -0.15) is 0 Å². The monoisotopic (exact) mass is 842 g/mol. The van der Waals surface area contributed by atoms with Crippen molar-refractivity contribution < 1.29 is 37.3 Å². The largest absolute Gasteiger partial charge is 0.756 e. The molecule has 0 aliphatic carbocycles. The zero-order valence-corrected chi connectivity index (χ0v) is 38.8. The third kappa shape index (κ3) is 46.1. The molecule has 9 heteroatoms. The van der Waals surface area contributed by atoms with Gasteiger partial charge in [0.1, 0.15) is 19.3 Å². The van der Waals surface area contributed by atoms with Crippen LogP contribution in [-0.4, -0.2) is 70.7 Å². The van der Waals surface area contributed by atoms with E-state index in [1.165, 1.54) is 19.3 Å². The Labute approximate surface area is 361 Å². The highest BCUT2D eigenvalue weighted by molar-refractivity contribution is 7.45. The summed E-state index contributed by atoms with van der Waals surface area (Å²) in [4.78, 5) is 25.1. The van der Waals surface area contributed by atoms with Gasteiger partial charge in [-0.15, -0.1) is 0 Å². The van der Waals surface area contributed by atoms with Gasteiger partial charge in [0.05, 0.1) is 34.4 Å². The molecule has 0 rings (SSSR count). The Morgan fingerprint density at radius 1 is 0.525 bits per heavy atom. The summed E-state index contributed by atoms with van der Waals surface area (Å²) in [5.74, 6) is -0.386. The van der Waals surface area contributed by atoms with E-state index < -0.39 is 13.9 Å². The van der Waals surface area contributed by atoms with Crippen molar-refractivity contribution in [3.05, 3.63) is 109 Å². The molecular weight excluding hydrogens is 758 g/mol. The lowest BCUT2D eigenvalue weighted by Crippen LogP contribution is -2.37. The molecular formula is C50H84NO7P. The summed E-state index contributed by atoms with van der Waals surface area (Å²) < 4.78 is 34.5. The minimum absolute atomic E-state index is 0.00783. The third-order valence-electron chi connectivity index (χ3n) is 8.82. The average Bonchev–Trinajstić information content (AvgIpc) is 3.19. The number of unbranched alkanes of at least 4 members (excludes halogenated alkanes) is 8. The smallest absolute Gasteiger partial charge is 0.306 e. The van der Waals surface area contributed by atoms with E-state index in [4.69, 9.17) is 18.5 Å². The molecule has 0 aromatic heterocycles. The van der Waals surface area contributed by atoms with Gasteiger partial charge in [-0.05, 0) is 96.3 Å². The van der Waals surface area contributed by atoms with Gasteiger partial charge in [0.25, 0.3) is 7.82 Å². The zero-order chi connectivity index (χ0) is 43.4. The number of likely N-dealkylation sites (N-methyl/N-ethyl adjacent to an activating group) is 1. The quantitative estimate of drug-likeness (QED) is 0.0199. The van der Waals surface area contributed by atoms with E-state index in [9.17, 15) is 14.3 Å². The minimum Gasteiger partial charge on any atom is -0.756 e. The molecule has 0 saturated carbocycles. The fourth-order valence-corrected chi connectivity index (χ4v) is 6.11. The van der Waals surface area contributed by atoms with Crippen LogP contribution >= 0.6 is 7.82 Å². The van der Waals surface area contributed by atoms with Crippen LogP contribution in [0.2, 0.25) is 0 Å². The second kappa shape index (κ2) is 41.9. The molecule has 2 atom stereocenters. The Balaban J connectivity index is 4.32. The number of allylic oxidation sites excluding steroid dienone is 18. The number of carbonyl (C=O) groups is 1. The highest BCUT2D eigenvalue weighted by atomic mass is 31.2. The number of phosphoric acid groups is 1. The lowest BCUT2D eigenvalue weighted by molar-refractivity contribution is -0.870. The summed E-state index contributed by atoms with van der Waals surface area (Å²) in [6.07, 6.45) is 58.3. The normalized spacial score (nSPS) is 14.7. The molecule has 0 aromatic rings. The maximum Gasteiger partial charge on any atom is 0.306 e. The van der Waals surface area contributed by atoms with Crippen LogP contribution in [0.3, 0.4) is 0 Å². The summed E-state index contributed by atoms with van der Waals surface area (Å²) in [7, 11) is 1.30. The predicted octanol–water partition coefficient (Wildman–Crippen LogP) is 13.0. The van der Waals surface area contributed by atoms with Gasteiger partial charge in [0.2, 0.25) is 0 Å². The number of hydrogen-bond donors (Lipinski definition) is 0.